The van der Waals surface area contributed by atoms with E-state index >= 15 is 0 Å². The van der Waals surface area contributed by atoms with Crippen molar-refractivity contribution in [1.82, 2.24) is 10.6 Å². The second kappa shape index (κ2) is 11.0. The smallest absolute Gasteiger partial charge is 0.408 e. The van der Waals surface area contributed by atoms with Gasteiger partial charge in [0.2, 0.25) is 0 Å². The van der Waals surface area contributed by atoms with Gasteiger partial charge in [-0.25, -0.2) is 4.79 Å². The highest BCUT2D eigenvalue weighted by Crippen LogP contribution is 2.22. The molecule has 0 bridgehead atoms. The van der Waals surface area contributed by atoms with E-state index in [1.54, 1.807) is 65.1 Å². The minimum absolute atomic E-state index is 0.0667. The zero-order chi connectivity index (χ0) is 23.9. The third kappa shape index (κ3) is 7.57. The van der Waals surface area contributed by atoms with Crippen LogP contribution in [0.15, 0.2) is 42.5 Å². The minimum atomic E-state index is -0.793. The largest absolute Gasteiger partial charge is 0.497 e. The molecule has 0 spiro atoms. The first-order chi connectivity index (χ1) is 15.0. The molecular weight excluding hydrogens is 432 g/mol. The number of rotatable bonds is 8. The molecule has 2 amide bonds. The molecule has 8 heteroatoms. The van der Waals surface area contributed by atoms with E-state index in [0.717, 1.165) is 11.3 Å². The molecule has 2 N–H and O–H groups in total. The number of alkyl carbamates (subject to hydrolysis) is 1. The lowest BCUT2D eigenvalue weighted by Gasteiger charge is -2.21. The second-order valence-corrected chi connectivity index (χ2v) is 8.72. The summed E-state index contributed by atoms with van der Waals surface area (Å²) in [5, 5.41) is 5.60. The predicted molar refractivity (Wildman–Crippen MR) is 123 cm³/mol. The average Bonchev–Trinajstić information content (AvgIpc) is 2.71. The molecule has 1 unspecified atom stereocenters. The van der Waals surface area contributed by atoms with Crippen LogP contribution in [0, 0.1) is 0 Å². The van der Waals surface area contributed by atoms with Crippen LogP contribution >= 0.6 is 11.6 Å². The van der Waals surface area contributed by atoms with Crippen molar-refractivity contribution in [3.8, 4) is 5.75 Å². The number of hydrogen-bond acceptors (Lipinski definition) is 5. The van der Waals surface area contributed by atoms with Crippen LogP contribution < -0.4 is 15.4 Å². The Morgan fingerprint density at radius 3 is 2.31 bits per heavy atom. The van der Waals surface area contributed by atoms with Gasteiger partial charge in [-0.2, -0.15) is 0 Å². The lowest BCUT2D eigenvalue weighted by molar-refractivity contribution is -0.120. The zero-order valence-corrected chi connectivity index (χ0v) is 19.7. The minimum Gasteiger partial charge on any atom is -0.497 e. The van der Waals surface area contributed by atoms with E-state index in [-0.39, 0.29) is 35.2 Å². The van der Waals surface area contributed by atoms with Crippen LogP contribution in [-0.4, -0.2) is 36.5 Å². The van der Waals surface area contributed by atoms with Gasteiger partial charge in [0.1, 0.15) is 11.4 Å². The van der Waals surface area contributed by atoms with Crippen LogP contribution in [0.2, 0.25) is 5.02 Å². The van der Waals surface area contributed by atoms with E-state index in [9.17, 15) is 14.4 Å². The summed E-state index contributed by atoms with van der Waals surface area (Å²) in [6, 6.07) is 11.5. The molecule has 0 aliphatic heterocycles. The zero-order valence-electron chi connectivity index (χ0n) is 19.0. The molecule has 0 aliphatic rings. The number of carbonyl (C=O) groups excluding carboxylic acids is 3. The molecule has 0 saturated carbocycles. The number of benzene rings is 2. The molecule has 2 aromatic rings. The van der Waals surface area contributed by atoms with Crippen molar-refractivity contribution >= 4 is 29.4 Å². The van der Waals surface area contributed by atoms with Gasteiger partial charge in [-0.1, -0.05) is 35.9 Å². The van der Waals surface area contributed by atoms with Crippen molar-refractivity contribution in [1.29, 1.82) is 0 Å². The SMILES string of the molecule is COc1ccc(CNC(=O)c2c(Cl)cccc2CC(=O)C(C)NC(=O)OC(C)(C)C)cc1. The molecule has 0 aromatic heterocycles. The average molecular weight is 461 g/mol. The van der Waals surface area contributed by atoms with Gasteiger partial charge in [0.25, 0.3) is 5.91 Å². The summed E-state index contributed by atoms with van der Waals surface area (Å²) in [6.45, 7) is 7.07. The number of ketones is 1. The molecule has 32 heavy (non-hydrogen) atoms. The lowest BCUT2D eigenvalue weighted by atomic mass is 9.99. The summed E-state index contributed by atoms with van der Waals surface area (Å²) in [6.07, 6.45) is -0.745. The first-order valence-electron chi connectivity index (χ1n) is 10.2. The summed E-state index contributed by atoms with van der Waals surface area (Å²) < 4.78 is 10.3. The number of methoxy groups -OCH3 is 1. The maximum atomic E-state index is 12.8. The lowest BCUT2D eigenvalue weighted by Crippen LogP contribution is -2.42. The third-order valence-electron chi connectivity index (χ3n) is 4.52. The second-order valence-electron chi connectivity index (χ2n) is 8.32. The van der Waals surface area contributed by atoms with Crippen molar-refractivity contribution in [2.24, 2.45) is 0 Å². The summed E-state index contributed by atoms with van der Waals surface area (Å²) in [7, 11) is 1.58. The Balaban J connectivity index is 2.06. The normalized spacial score (nSPS) is 11.9. The first-order valence-corrected chi connectivity index (χ1v) is 10.6. The molecule has 0 saturated heterocycles. The highest BCUT2D eigenvalue weighted by Gasteiger charge is 2.23. The Kier molecular flexibility index (Phi) is 8.66. The van der Waals surface area contributed by atoms with Gasteiger partial charge in [0, 0.05) is 13.0 Å². The molecule has 0 fully saturated rings. The number of carbonyl (C=O) groups is 3. The van der Waals surface area contributed by atoms with E-state index in [2.05, 4.69) is 10.6 Å². The molecule has 0 aliphatic carbocycles. The van der Waals surface area contributed by atoms with E-state index in [0.29, 0.717) is 5.56 Å². The van der Waals surface area contributed by atoms with Crippen LogP contribution in [0.3, 0.4) is 0 Å². The Bertz CT molecular complexity index is 967. The Morgan fingerprint density at radius 2 is 1.72 bits per heavy atom. The molecular formula is C24H29ClN2O5. The highest BCUT2D eigenvalue weighted by atomic mass is 35.5. The van der Waals surface area contributed by atoms with E-state index < -0.39 is 17.7 Å². The topological polar surface area (TPSA) is 93.7 Å². The Hall–Kier alpha value is -3.06. The number of amides is 2. The van der Waals surface area contributed by atoms with Crippen LogP contribution in [0.25, 0.3) is 0 Å². The van der Waals surface area contributed by atoms with Crippen molar-refractivity contribution in [3.05, 3.63) is 64.2 Å². The Morgan fingerprint density at radius 1 is 1.06 bits per heavy atom. The van der Waals surface area contributed by atoms with Gasteiger partial charge in [0.05, 0.1) is 23.7 Å². The number of ether oxygens (including phenoxy) is 2. The van der Waals surface area contributed by atoms with Crippen LogP contribution in [0.5, 0.6) is 5.75 Å². The summed E-state index contributed by atoms with van der Waals surface area (Å²) in [5.74, 6) is 0.0605. The highest BCUT2D eigenvalue weighted by molar-refractivity contribution is 6.34. The predicted octanol–water partition coefficient (Wildman–Crippen LogP) is 4.30. The molecule has 2 aromatic carbocycles. The van der Waals surface area contributed by atoms with Crippen molar-refractivity contribution in [2.75, 3.05) is 7.11 Å². The van der Waals surface area contributed by atoms with Crippen LogP contribution in [0.1, 0.15) is 49.2 Å². The van der Waals surface area contributed by atoms with Gasteiger partial charge < -0.3 is 20.1 Å². The first kappa shape index (κ1) is 25.2. The van der Waals surface area contributed by atoms with E-state index in [1.807, 2.05) is 12.1 Å². The fraction of sp³-hybridized carbons (Fsp3) is 0.375. The van der Waals surface area contributed by atoms with Gasteiger partial charge in [-0.15, -0.1) is 0 Å². The number of halogens is 1. The Labute approximate surface area is 193 Å². The van der Waals surface area contributed by atoms with Gasteiger partial charge in [-0.05, 0) is 57.0 Å². The van der Waals surface area contributed by atoms with Crippen LogP contribution in [-0.2, 0) is 22.5 Å². The van der Waals surface area contributed by atoms with Crippen molar-refractivity contribution in [2.45, 2.75) is 52.3 Å². The molecule has 172 valence electrons. The van der Waals surface area contributed by atoms with Gasteiger partial charge >= 0.3 is 6.09 Å². The summed E-state index contributed by atoms with van der Waals surface area (Å²) in [5.41, 5.74) is 0.932. The maximum absolute atomic E-state index is 12.8. The third-order valence-corrected chi connectivity index (χ3v) is 4.83. The fourth-order valence-electron chi connectivity index (χ4n) is 2.89. The van der Waals surface area contributed by atoms with Gasteiger partial charge in [-0.3, -0.25) is 9.59 Å². The molecule has 2 rings (SSSR count). The molecule has 7 nitrogen and oxygen atoms in total. The van der Waals surface area contributed by atoms with E-state index in [1.165, 1.54) is 0 Å². The summed E-state index contributed by atoms with van der Waals surface area (Å²) >= 11 is 6.29. The maximum Gasteiger partial charge on any atom is 0.408 e. The standard InChI is InChI=1S/C24H29ClN2O5/c1-15(27-23(30)32-24(2,3)4)20(28)13-17-7-6-8-19(25)21(17)22(29)26-14-16-9-11-18(31-5)12-10-16/h6-12,15H,13-14H2,1-5H3,(H,26,29)(H,27,30). The van der Waals surface area contributed by atoms with Crippen LogP contribution in [0.4, 0.5) is 4.79 Å². The number of hydrogen-bond donors (Lipinski definition) is 2. The summed E-state index contributed by atoms with van der Waals surface area (Å²) in [4.78, 5) is 37.5. The monoisotopic (exact) mass is 460 g/mol. The molecule has 0 radical (unpaired) electrons. The number of nitrogens with one attached hydrogen (secondary N) is 2. The van der Waals surface area contributed by atoms with Crippen molar-refractivity contribution < 1.29 is 23.9 Å². The van der Waals surface area contributed by atoms with Gasteiger partial charge in [0.15, 0.2) is 5.78 Å². The number of Topliss-reactive ketones (excluding diaryl/α,β-unsaturated/α-hetero) is 1. The molecule has 1 atom stereocenters. The van der Waals surface area contributed by atoms with E-state index in [4.69, 9.17) is 21.1 Å². The molecule has 0 heterocycles. The quantitative estimate of drug-likeness (QED) is 0.612. The fourth-order valence-corrected chi connectivity index (χ4v) is 3.17. The van der Waals surface area contributed by atoms with Crippen molar-refractivity contribution in [3.63, 3.8) is 0 Å².